The van der Waals surface area contributed by atoms with Crippen molar-refractivity contribution in [1.29, 1.82) is 5.26 Å². The Morgan fingerprint density at radius 3 is 2.92 bits per heavy atom. The monoisotopic (exact) mass is 512 g/mol. The number of rotatable bonds is 8. The molecule has 0 atom stereocenters. The number of fused-ring (bicyclic) bond motifs is 1. The van der Waals surface area contributed by atoms with Crippen LogP contribution < -0.4 is 10.1 Å². The number of nitrogens with one attached hydrogen (secondary N) is 1. The third-order valence-corrected chi connectivity index (χ3v) is 6.30. The highest BCUT2D eigenvalue weighted by atomic mass is 16.5. The molecule has 11 nitrogen and oxygen atoms in total. The maximum absolute atomic E-state index is 13.4. The molecule has 0 spiro atoms. The second-order valence-corrected chi connectivity index (χ2v) is 8.72. The summed E-state index contributed by atoms with van der Waals surface area (Å²) in [5.41, 5.74) is 3.95. The minimum absolute atomic E-state index is 0.335. The number of methoxy groups -OCH3 is 1. The van der Waals surface area contributed by atoms with Crippen molar-refractivity contribution in [2.75, 3.05) is 38.7 Å². The Morgan fingerprint density at radius 2 is 2.16 bits per heavy atom. The van der Waals surface area contributed by atoms with Crippen molar-refractivity contribution in [2.45, 2.75) is 19.9 Å². The molecule has 194 valence electrons. The summed E-state index contributed by atoms with van der Waals surface area (Å²) in [5, 5.41) is 21.6. The van der Waals surface area contributed by atoms with Crippen molar-refractivity contribution < 1.29 is 14.3 Å². The number of nitriles is 1. The molecule has 1 aliphatic rings. The topological polar surface area (TPSA) is 123 Å². The van der Waals surface area contributed by atoms with E-state index < -0.39 is 0 Å². The molecule has 4 aromatic rings. The summed E-state index contributed by atoms with van der Waals surface area (Å²) in [7, 11) is 1.56. The number of morpholine rings is 1. The number of anilines is 1. The molecule has 0 unspecified atom stereocenters. The Hall–Kier alpha value is -4.69. The van der Waals surface area contributed by atoms with Crippen LogP contribution in [0, 0.1) is 11.3 Å². The van der Waals surface area contributed by atoms with Gasteiger partial charge in [-0.15, -0.1) is 0 Å². The summed E-state index contributed by atoms with van der Waals surface area (Å²) in [4.78, 5) is 20.0. The zero-order chi connectivity index (χ0) is 26.5. The molecule has 1 fully saturated rings. The molecule has 38 heavy (non-hydrogen) atoms. The minimum Gasteiger partial charge on any atom is -0.496 e. The van der Waals surface area contributed by atoms with Gasteiger partial charge < -0.3 is 19.7 Å². The maximum atomic E-state index is 13.4. The first-order valence-electron chi connectivity index (χ1n) is 12.4. The second-order valence-electron chi connectivity index (χ2n) is 8.72. The van der Waals surface area contributed by atoms with Crippen molar-refractivity contribution in [3.8, 4) is 23.1 Å². The summed E-state index contributed by atoms with van der Waals surface area (Å²) in [6, 6.07) is 9.03. The molecular formula is C27H28N8O3. The first kappa shape index (κ1) is 25.0. The average Bonchev–Trinajstić information content (AvgIpc) is 3.57. The number of amides is 1. The van der Waals surface area contributed by atoms with Crippen LogP contribution in [-0.4, -0.2) is 68.6 Å². The molecule has 1 aliphatic heterocycles. The molecule has 11 heteroatoms. The molecule has 5 rings (SSSR count). The molecular weight excluding hydrogens is 484 g/mol. The molecule has 4 heterocycles. The van der Waals surface area contributed by atoms with Crippen LogP contribution in [0.15, 0.2) is 60.8 Å². The predicted molar refractivity (Wildman–Crippen MR) is 141 cm³/mol. The summed E-state index contributed by atoms with van der Waals surface area (Å²) in [5.74, 6) is 0.173. The number of hydrogen-bond donors (Lipinski definition) is 1. The summed E-state index contributed by atoms with van der Waals surface area (Å²) in [6.45, 7) is 5.59. The van der Waals surface area contributed by atoms with Crippen molar-refractivity contribution in [3.05, 3.63) is 72.0 Å². The summed E-state index contributed by atoms with van der Waals surface area (Å²) in [6.07, 6.45) is 9.70. The van der Waals surface area contributed by atoms with Gasteiger partial charge in [0.25, 0.3) is 5.91 Å². The number of benzene rings is 1. The van der Waals surface area contributed by atoms with Crippen LogP contribution in [0.3, 0.4) is 0 Å². The van der Waals surface area contributed by atoms with Crippen LogP contribution in [0.4, 0.5) is 5.69 Å². The smallest absolute Gasteiger partial charge is 0.261 e. The van der Waals surface area contributed by atoms with Gasteiger partial charge in [-0.2, -0.15) is 15.5 Å². The van der Waals surface area contributed by atoms with E-state index in [1.165, 1.54) is 6.20 Å². The standard InChI is InChI=1S/C27H28N8O3/c1-3-5-20(33-10-12-38-13-11-33)17-34-18-23(25(32-34)21-14-19(15-28)6-7-24(21)37-2)31-27(36)22-16-30-35-9-4-8-29-26(22)35/h4-9,14,16,18H,3,10-13,17H2,1-2H3,(H,31,36)/b20-5-. The number of carbonyl (C=O) groups is 1. The van der Waals surface area contributed by atoms with Gasteiger partial charge in [0.05, 0.1) is 50.4 Å². The number of hydrogen-bond acceptors (Lipinski definition) is 8. The van der Waals surface area contributed by atoms with Crippen molar-refractivity contribution in [2.24, 2.45) is 0 Å². The van der Waals surface area contributed by atoms with Gasteiger partial charge in [-0.1, -0.05) is 13.0 Å². The van der Waals surface area contributed by atoms with Crippen LogP contribution in [0.2, 0.25) is 0 Å². The van der Waals surface area contributed by atoms with E-state index >= 15 is 0 Å². The van der Waals surface area contributed by atoms with E-state index in [2.05, 4.69) is 39.4 Å². The molecule has 1 amide bonds. The molecule has 0 radical (unpaired) electrons. The van der Waals surface area contributed by atoms with Gasteiger partial charge in [0.2, 0.25) is 0 Å². The number of carbonyl (C=O) groups excluding carboxylic acids is 1. The first-order valence-corrected chi connectivity index (χ1v) is 12.4. The average molecular weight is 513 g/mol. The molecule has 1 saturated heterocycles. The minimum atomic E-state index is -0.368. The lowest BCUT2D eigenvalue weighted by atomic mass is 10.1. The van der Waals surface area contributed by atoms with E-state index in [4.69, 9.17) is 14.6 Å². The van der Waals surface area contributed by atoms with Gasteiger partial charge in [-0.3, -0.25) is 9.48 Å². The summed E-state index contributed by atoms with van der Waals surface area (Å²) >= 11 is 0. The second kappa shape index (κ2) is 11.1. The fourth-order valence-corrected chi connectivity index (χ4v) is 4.48. The van der Waals surface area contributed by atoms with Gasteiger partial charge in [0.15, 0.2) is 5.65 Å². The van der Waals surface area contributed by atoms with Crippen LogP contribution in [0.5, 0.6) is 5.75 Å². The van der Waals surface area contributed by atoms with E-state index in [1.54, 1.807) is 59.2 Å². The molecule has 0 bridgehead atoms. The normalized spacial score (nSPS) is 13.9. The van der Waals surface area contributed by atoms with Crippen LogP contribution in [-0.2, 0) is 11.3 Å². The Labute approximate surface area is 219 Å². The lowest BCUT2D eigenvalue weighted by molar-refractivity contribution is 0.0511. The Morgan fingerprint density at radius 1 is 1.32 bits per heavy atom. The van der Waals surface area contributed by atoms with E-state index in [0.717, 1.165) is 25.2 Å². The SMILES string of the molecule is CC/C=C(/Cn1cc(NC(=O)c2cnn3cccnc23)c(-c2cc(C#N)ccc2OC)n1)N1CCOCC1. The highest BCUT2D eigenvalue weighted by Gasteiger charge is 2.22. The van der Waals surface area contributed by atoms with Crippen LogP contribution in [0.1, 0.15) is 29.3 Å². The molecule has 1 N–H and O–H groups in total. The Kier molecular flexibility index (Phi) is 7.33. The van der Waals surface area contributed by atoms with Crippen LogP contribution in [0.25, 0.3) is 16.9 Å². The van der Waals surface area contributed by atoms with E-state index in [9.17, 15) is 10.1 Å². The van der Waals surface area contributed by atoms with Crippen molar-refractivity contribution in [3.63, 3.8) is 0 Å². The van der Waals surface area contributed by atoms with Gasteiger partial charge in [-0.05, 0) is 30.7 Å². The van der Waals surface area contributed by atoms with Gasteiger partial charge in [0.1, 0.15) is 17.0 Å². The maximum Gasteiger partial charge on any atom is 0.261 e. The Bertz CT molecular complexity index is 1520. The van der Waals surface area contributed by atoms with Crippen molar-refractivity contribution in [1.82, 2.24) is 29.3 Å². The zero-order valence-corrected chi connectivity index (χ0v) is 21.3. The van der Waals surface area contributed by atoms with Gasteiger partial charge >= 0.3 is 0 Å². The summed E-state index contributed by atoms with van der Waals surface area (Å²) < 4.78 is 14.5. The highest BCUT2D eigenvalue weighted by molar-refractivity contribution is 6.09. The first-order chi connectivity index (χ1) is 18.6. The van der Waals surface area contributed by atoms with E-state index in [0.29, 0.717) is 59.2 Å². The van der Waals surface area contributed by atoms with Gasteiger partial charge in [-0.25, -0.2) is 9.50 Å². The van der Waals surface area contributed by atoms with Gasteiger partial charge in [0, 0.05) is 42.9 Å². The fourth-order valence-electron chi connectivity index (χ4n) is 4.48. The largest absolute Gasteiger partial charge is 0.496 e. The molecule has 0 aliphatic carbocycles. The van der Waals surface area contributed by atoms with E-state index in [1.807, 2.05) is 0 Å². The number of ether oxygens (including phenoxy) is 2. The predicted octanol–water partition coefficient (Wildman–Crippen LogP) is 3.35. The Balaban J connectivity index is 1.54. The highest BCUT2D eigenvalue weighted by Crippen LogP contribution is 2.35. The third kappa shape index (κ3) is 5.07. The third-order valence-electron chi connectivity index (χ3n) is 6.30. The fraction of sp³-hybridized carbons (Fsp3) is 0.296. The quantitative estimate of drug-likeness (QED) is 0.381. The molecule has 1 aromatic carbocycles. The number of allylic oxidation sites excluding steroid dienone is 2. The lowest BCUT2D eigenvalue weighted by Crippen LogP contribution is -2.36. The van der Waals surface area contributed by atoms with E-state index in [-0.39, 0.29) is 5.91 Å². The molecule has 3 aromatic heterocycles. The van der Waals surface area contributed by atoms with Crippen LogP contribution >= 0.6 is 0 Å². The zero-order valence-electron chi connectivity index (χ0n) is 21.3. The number of nitrogens with zero attached hydrogens (tertiary/aromatic N) is 7. The number of aromatic nitrogens is 5. The van der Waals surface area contributed by atoms with Crippen molar-refractivity contribution >= 4 is 17.2 Å². The lowest BCUT2D eigenvalue weighted by Gasteiger charge is -2.31. The molecule has 0 saturated carbocycles.